The van der Waals surface area contributed by atoms with E-state index in [1.54, 1.807) is 42.1 Å². The Kier molecular flexibility index (Phi) is 5.19. The Bertz CT molecular complexity index is 1540. The zero-order valence-corrected chi connectivity index (χ0v) is 18.0. The molecule has 0 aliphatic heterocycles. The lowest BCUT2D eigenvalue weighted by molar-refractivity contribution is 0.124. The van der Waals surface area contributed by atoms with Crippen molar-refractivity contribution >= 4 is 22.8 Å². The van der Waals surface area contributed by atoms with E-state index in [1.807, 2.05) is 0 Å². The Balaban J connectivity index is 1.79. The maximum Gasteiger partial charge on any atom is 0.434 e. The van der Waals surface area contributed by atoms with Gasteiger partial charge in [0.15, 0.2) is 5.65 Å². The number of aromatic nitrogens is 7. The maximum absolute atomic E-state index is 14.6. The van der Waals surface area contributed by atoms with Gasteiger partial charge < -0.3 is 13.7 Å². The van der Waals surface area contributed by atoms with E-state index in [1.165, 1.54) is 19.4 Å². The minimum Gasteiger partial charge on any atom is -0.384 e. The number of nitrogens with zero attached hydrogens (tertiary/aromatic N) is 6. The monoisotopic (exact) mass is 467 g/mol. The molecule has 12 heteroatoms. The molecular weight excluding hydrogens is 453 g/mol. The molecule has 0 amide bonds. The number of methoxy groups -OCH3 is 1. The fourth-order valence-corrected chi connectivity index (χ4v) is 3.76. The smallest absolute Gasteiger partial charge is 0.384 e. The Labute approximate surface area is 190 Å². The van der Waals surface area contributed by atoms with Crippen molar-refractivity contribution in [1.29, 1.82) is 0 Å². The van der Waals surface area contributed by atoms with Crippen molar-refractivity contribution in [2.75, 3.05) is 7.11 Å². The van der Waals surface area contributed by atoms with Gasteiger partial charge in [-0.2, -0.15) is 0 Å². The van der Waals surface area contributed by atoms with Gasteiger partial charge in [-0.3, -0.25) is 4.98 Å². The molecule has 1 unspecified atom stereocenters. The van der Waals surface area contributed by atoms with Gasteiger partial charge >= 0.3 is 5.76 Å². The molecule has 0 saturated heterocycles. The van der Waals surface area contributed by atoms with Gasteiger partial charge in [-0.05, 0) is 12.1 Å². The van der Waals surface area contributed by atoms with E-state index < -0.39 is 17.7 Å². The lowest BCUT2D eigenvalue weighted by atomic mass is 10.1. The summed E-state index contributed by atoms with van der Waals surface area (Å²) >= 11 is 6.15. The molecule has 1 aromatic carbocycles. The van der Waals surface area contributed by atoms with Gasteiger partial charge in [0.2, 0.25) is 5.82 Å². The van der Waals surface area contributed by atoms with Crippen molar-refractivity contribution < 1.29 is 13.5 Å². The van der Waals surface area contributed by atoms with Gasteiger partial charge in [0.1, 0.15) is 29.0 Å². The number of pyridine rings is 1. The summed E-state index contributed by atoms with van der Waals surface area (Å²) in [5.74, 6) is -0.868. The van der Waals surface area contributed by atoms with Crippen LogP contribution in [0.25, 0.3) is 34.1 Å². The summed E-state index contributed by atoms with van der Waals surface area (Å²) in [4.78, 5) is 29.2. The Morgan fingerprint density at radius 2 is 2.03 bits per heavy atom. The highest BCUT2D eigenvalue weighted by Gasteiger charge is 2.27. The molecule has 33 heavy (non-hydrogen) atoms. The summed E-state index contributed by atoms with van der Waals surface area (Å²) in [5, 5.41) is 6.39. The molecule has 10 nitrogen and oxygen atoms in total. The Morgan fingerprint density at radius 3 is 2.73 bits per heavy atom. The van der Waals surface area contributed by atoms with Crippen LogP contribution < -0.4 is 5.76 Å². The fourth-order valence-electron chi connectivity index (χ4n) is 3.59. The van der Waals surface area contributed by atoms with Gasteiger partial charge in [-0.15, -0.1) is 5.10 Å². The van der Waals surface area contributed by atoms with E-state index in [0.717, 1.165) is 0 Å². The number of hydrogen-bond donors (Lipinski definition) is 1. The zero-order chi connectivity index (χ0) is 23.1. The van der Waals surface area contributed by atoms with Gasteiger partial charge in [-0.1, -0.05) is 29.8 Å². The van der Waals surface area contributed by atoms with Gasteiger partial charge in [0.25, 0.3) is 5.89 Å². The molecule has 0 fully saturated rings. The van der Waals surface area contributed by atoms with Crippen LogP contribution >= 0.6 is 11.6 Å². The number of imidazole rings is 1. The maximum atomic E-state index is 14.6. The first-order valence-electron chi connectivity index (χ1n) is 9.64. The highest BCUT2D eigenvalue weighted by atomic mass is 35.5. The number of ether oxygens (including phenoxy) is 1. The molecule has 0 radical (unpaired) electrons. The largest absolute Gasteiger partial charge is 0.434 e. The number of H-pyrrole nitrogens is 1. The number of halogens is 2. The van der Waals surface area contributed by atoms with Crippen LogP contribution in [0.4, 0.5) is 4.39 Å². The van der Waals surface area contributed by atoms with E-state index >= 15 is 0 Å². The second kappa shape index (κ2) is 8.19. The summed E-state index contributed by atoms with van der Waals surface area (Å²) in [6, 6.07) is 7.97. The molecule has 4 aromatic heterocycles. The molecule has 0 aliphatic rings. The van der Waals surface area contributed by atoms with E-state index in [2.05, 4.69) is 30.1 Å². The molecule has 0 saturated carbocycles. The average Bonchev–Trinajstić information content (AvgIpc) is 3.38. The molecule has 166 valence electrons. The quantitative estimate of drug-likeness (QED) is 0.417. The summed E-state index contributed by atoms with van der Waals surface area (Å²) in [7, 11) is 3.21. The lowest BCUT2D eigenvalue weighted by Gasteiger charge is -2.16. The normalized spacial score (nSPS) is 12.4. The lowest BCUT2D eigenvalue weighted by Crippen LogP contribution is -2.11. The number of fused-ring (bicyclic) bond motifs is 1. The van der Waals surface area contributed by atoms with E-state index in [4.69, 9.17) is 20.8 Å². The topological polar surface area (TPSA) is 125 Å². The van der Waals surface area contributed by atoms with Gasteiger partial charge in [0, 0.05) is 37.7 Å². The van der Waals surface area contributed by atoms with Crippen molar-refractivity contribution in [3.63, 3.8) is 0 Å². The van der Waals surface area contributed by atoms with Gasteiger partial charge in [0.05, 0.1) is 5.02 Å². The first kappa shape index (κ1) is 20.9. The Morgan fingerprint density at radius 1 is 1.21 bits per heavy atom. The summed E-state index contributed by atoms with van der Waals surface area (Å²) < 4.78 is 26.9. The minimum absolute atomic E-state index is 0.0281. The van der Waals surface area contributed by atoms with Crippen LogP contribution in [0.3, 0.4) is 0 Å². The highest BCUT2D eigenvalue weighted by Crippen LogP contribution is 2.33. The zero-order valence-electron chi connectivity index (χ0n) is 17.3. The predicted molar refractivity (Wildman–Crippen MR) is 116 cm³/mol. The number of rotatable bonds is 5. The van der Waals surface area contributed by atoms with Crippen molar-refractivity contribution in [3.05, 3.63) is 75.5 Å². The molecule has 4 heterocycles. The average molecular weight is 468 g/mol. The standard InChI is InChI=1S/C21H15ClFN7O3/c1-30-15-14(10-7-11(22)9-24-8-10)25-18(20-28-29-21(31)33-20)26-17(15)27-19(30)16(32-2)12-5-3-4-6-13(12)23/h3-9,16H,1-2H3,(H,29,31). The van der Waals surface area contributed by atoms with E-state index in [9.17, 15) is 9.18 Å². The Hall–Kier alpha value is -3.96. The van der Waals surface area contributed by atoms with Crippen LogP contribution in [0.2, 0.25) is 5.02 Å². The van der Waals surface area contributed by atoms with Gasteiger partial charge in [-0.25, -0.2) is 29.2 Å². The number of aromatic amines is 1. The third kappa shape index (κ3) is 3.66. The van der Waals surface area contributed by atoms with Crippen LogP contribution in [-0.2, 0) is 11.8 Å². The number of aryl methyl sites for hydroxylation is 1. The van der Waals surface area contributed by atoms with Crippen LogP contribution in [-0.4, -0.2) is 41.8 Å². The molecule has 0 spiro atoms. The number of hydrogen-bond acceptors (Lipinski definition) is 8. The third-order valence-corrected chi connectivity index (χ3v) is 5.24. The van der Waals surface area contributed by atoms with E-state index in [-0.39, 0.29) is 17.4 Å². The summed E-state index contributed by atoms with van der Waals surface area (Å²) in [5.41, 5.74) is 2.09. The van der Waals surface area contributed by atoms with Crippen LogP contribution in [0.5, 0.6) is 0 Å². The molecule has 5 aromatic rings. The molecule has 5 rings (SSSR count). The van der Waals surface area contributed by atoms with Crippen molar-refractivity contribution in [1.82, 2.24) is 34.7 Å². The van der Waals surface area contributed by atoms with Crippen LogP contribution in [0.15, 0.2) is 51.9 Å². The minimum atomic E-state index is -0.817. The summed E-state index contributed by atoms with van der Waals surface area (Å²) in [6.45, 7) is 0. The first-order chi connectivity index (χ1) is 16.0. The first-order valence-corrected chi connectivity index (χ1v) is 10.0. The fraction of sp³-hybridized carbons (Fsp3) is 0.143. The van der Waals surface area contributed by atoms with Crippen molar-refractivity contribution in [2.45, 2.75) is 6.10 Å². The number of nitrogens with one attached hydrogen (secondary N) is 1. The van der Waals surface area contributed by atoms with Crippen LogP contribution in [0, 0.1) is 5.82 Å². The second-order valence-electron chi connectivity index (χ2n) is 7.04. The van der Waals surface area contributed by atoms with E-state index in [0.29, 0.717) is 33.2 Å². The summed E-state index contributed by atoms with van der Waals surface area (Å²) in [6.07, 6.45) is 2.25. The second-order valence-corrected chi connectivity index (χ2v) is 7.48. The SMILES string of the molecule is COC(c1ccccc1F)c1nc2nc(-c3n[nH]c(=O)o3)nc(-c3cncc(Cl)c3)c2n1C. The molecule has 1 N–H and O–H groups in total. The molecule has 1 atom stereocenters. The van der Waals surface area contributed by atoms with Crippen LogP contribution in [0.1, 0.15) is 17.5 Å². The third-order valence-electron chi connectivity index (χ3n) is 5.03. The molecule has 0 aliphatic carbocycles. The molecule has 0 bridgehead atoms. The molecular formula is C21H15ClFN7O3. The van der Waals surface area contributed by atoms with Crippen molar-refractivity contribution in [2.24, 2.45) is 7.05 Å². The predicted octanol–water partition coefficient (Wildman–Crippen LogP) is 3.30. The van der Waals surface area contributed by atoms with Crippen molar-refractivity contribution in [3.8, 4) is 23.0 Å². The highest BCUT2D eigenvalue weighted by molar-refractivity contribution is 6.30. The number of benzene rings is 1.